The van der Waals surface area contributed by atoms with Gasteiger partial charge >= 0.3 is 5.76 Å². The lowest BCUT2D eigenvalue weighted by molar-refractivity contribution is 0.103. The SMILES string of the molecule is O=C(c1ccc2c(c1)oc(=O)n2CN1CCN(c2ccccn2)CC1)c1ccccc1Cl. The Hall–Kier alpha value is -3.42. The highest BCUT2D eigenvalue weighted by Crippen LogP contribution is 2.22. The zero-order chi connectivity index (χ0) is 22.1. The van der Waals surface area contributed by atoms with Crippen molar-refractivity contribution in [3.05, 3.63) is 93.6 Å². The number of hydrogen-bond acceptors (Lipinski definition) is 6. The molecule has 0 amide bonds. The van der Waals surface area contributed by atoms with Crippen LogP contribution in [0.2, 0.25) is 5.02 Å². The van der Waals surface area contributed by atoms with Crippen LogP contribution in [0.25, 0.3) is 11.1 Å². The Labute approximate surface area is 189 Å². The highest BCUT2D eigenvalue weighted by atomic mass is 35.5. The number of rotatable bonds is 5. The van der Waals surface area contributed by atoms with Crippen LogP contribution in [-0.4, -0.2) is 46.4 Å². The van der Waals surface area contributed by atoms with Crippen molar-refractivity contribution in [3.8, 4) is 0 Å². The summed E-state index contributed by atoms with van der Waals surface area (Å²) in [5.74, 6) is 0.321. The topological polar surface area (TPSA) is 71.6 Å². The van der Waals surface area contributed by atoms with E-state index in [1.165, 1.54) is 0 Å². The molecule has 0 saturated carbocycles. The molecule has 2 aromatic heterocycles. The molecule has 3 heterocycles. The van der Waals surface area contributed by atoms with E-state index in [0.29, 0.717) is 33.9 Å². The van der Waals surface area contributed by atoms with Gasteiger partial charge < -0.3 is 9.32 Å². The van der Waals surface area contributed by atoms with Crippen LogP contribution < -0.4 is 10.7 Å². The third-order valence-electron chi connectivity index (χ3n) is 5.74. The second-order valence-corrected chi connectivity index (χ2v) is 8.13. The molecule has 0 unspecified atom stereocenters. The summed E-state index contributed by atoms with van der Waals surface area (Å²) in [4.78, 5) is 34.2. The van der Waals surface area contributed by atoms with Crippen LogP contribution in [-0.2, 0) is 6.67 Å². The van der Waals surface area contributed by atoms with Gasteiger partial charge in [-0.3, -0.25) is 14.3 Å². The number of nitrogens with zero attached hydrogens (tertiary/aromatic N) is 4. The number of fused-ring (bicyclic) bond motifs is 1. The summed E-state index contributed by atoms with van der Waals surface area (Å²) in [6, 6.07) is 17.9. The van der Waals surface area contributed by atoms with Gasteiger partial charge in [0, 0.05) is 43.5 Å². The fraction of sp³-hybridized carbons (Fsp3) is 0.208. The summed E-state index contributed by atoms with van der Waals surface area (Å²) in [5.41, 5.74) is 1.90. The van der Waals surface area contributed by atoms with E-state index >= 15 is 0 Å². The highest BCUT2D eigenvalue weighted by molar-refractivity contribution is 6.35. The third-order valence-corrected chi connectivity index (χ3v) is 6.07. The zero-order valence-electron chi connectivity index (χ0n) is 17.3. The van der Waals surface area contributed by atoms with Gasteiger partial charge in [0.15, 0.2) is 11.4 Å². The first-order chi connectivity index (χ1) is 15.6. The lowest BCUT2D eigenvalue weighted by Crippen LogP contribution is -2.47. The number of carbonyl (C=O) groups is 1. The smallest absolute Gasteiger partial charge is 0.408 e. The van der Waals surface area contributed by atoms with Gasteiger partial charge in [-0.2, -0.15) is 0 Å². The molecule has 0 aliphatic carbocycles. The van der Waals surface area contributed by atoms with Crippen molar-refractivity contribution in [2.24, 2.45) is 0 Å². The van der Waals surface area contributed by atoms with E-state index in [4.69, 9.17) is 16.0 Å². The molecule has 0 radical (unpaired) electrons. The van der Waals surface area contributed by atoms with Crippen molar-refractivity contribution in [2.45, 2.75) is 6.67 Å². The molecule has 0 spiro atoms. The van der Waals surface area contributed by atoms with Gasteiger partial charge in [0.2, 0.25) is 0 Å². The van der Waals surface area contributed by atoms with Crippen LogP contribution in [0.5, 0.6) is 0 Å². The first kappa shape index (κ1) is 20.5. The molecule has 0 atom stereocenters. The van der Waals surface area contributed by atoms with Crippen molar-refractivity contribution in [2.75, 3.05) is 31.1 Å². The average Bonchev–Trinajstić information content (AvgIpc) is 3.14. The summed E-state index contributed by atoms with van der Waals surface area (Å²) in [6.07, 6.45) is 1.80. The molecule has 1 fully saturated rings. The number of aromatic nitrogens is 2. The van der Waals surface area contributed by atoms with Crippen LogP contribution in [0.15, 0.2) is 76.1 Å². The van der Waals surface area contributed by atoms with Crippen molar-refractivity contribution in [1.29, 1.82) is 0 Å². The number of pyridine rings is 1. The Bertz CT molecular complexity index is 1320. The van der Waals surface area contributed by atoms with Crippen LogP contribution in [0, 0.1) is 0 Å². The normalized spacial score (nSPS) is 14.7. The Morgan fingerprint density at radius 3 is 2.53 bits per heavy atom. The van der Waals surface area contributed by atoms with Gasteiger partial charge in [-0.25, -0.2) is 9.78 Å². The van der Waals surface area contributed by atoms with E-state index in [1.54, 1.807) is 53.2 Å². The number of hydrogen-bond donors (Lipinski definition) is 0. The lowest BCUT2D eigenvalue weighted by Gasteiger charge is -2.35. The quantitative estimate of drug-likeness (QED) is 0.434. The zero-order valence-corrected chi connectivity index (χ0v) is 18.0. The van der Waals surface area contributed by atoms with Crippen LogP contribution in [0.3, 0.4) is 0 Å². The summed E-state index contributed by atoms with van der Waals surface area (Å²) in [6.45, 7) is 3.70. The van der Waals surface area contributed by atoms with E-state index in [0.717, 1.165) is 32.0 Å². The minimum Gasteiger partial charge on any atom is -0.408 e. The Kier molecular flexibility index (Phi) is 5.51. The van der Waals surface area contributed by atoms with E-state index in [9.17, 15) is 9.59 Å². The fourth-order valence-electron chi connectivity index (χ4n) is 4.00. The molecule has 5 rings (SSSR count). The molecule has 0 bridgehead atoms. The maximum atomic E-state index is 12.8. The molecule has 4 aromatic rings. The second-order valence-electron chi connectivity index (χ2n) is 7.72. The lowest BCUT2D eigenvalue weighted by atomic mass is 10.0. The van der Waals surface area contributed by atoms with E-state index in [2.05, 4.69) is 14.8 Å². The molecule has 32 heavy (non-hydrogen) atoms. The monoisotopic (exact) mass is 448 g/mol. The molecule has 1 saturated heterocycles. The molecule has 1 aliphatic heterocycles. The number of oxazole rings is 1. The van der Waals surface area contributed by atoms with Crippen LogP contribution in [0.4, 0.5) is 5.82 Å². The van der Waals surface area contributed by atoms with Gasteiger partial charge in [-0.1, -0.05) is 29.8 Å². The fourth-order valence-corrected chi connectivity index (χ4v) is 4.22. The molecule has 1 aliphatic rings. The van der Waals surface area contributed by atoms with Gasteiger partial charge in [0.05, 0.1) is 17.2 Å². The predicted molar refractivity (Wildman–Crippen MR) is 123 cm³/mol. The number of anilines is 1. The largest absolute Gasteiger partial charge is 0.421 e. The van der Waals surface area contributed by atoms with Crippen molar-refractivity contribution in [3.63, 3.8) is 0 Å². The Balaban J connectivity index is 1.33. The molecular formula is C24H21ClN4O3. The van der Waals surface area contributed by atoms with Gasteiger partial charge in [0.1, 0.15) is 5.82 Å². The van der Waals surface area contributed by atoms with Gasteiger partial charge in [0.25, 0.3) is 0 Å². The standard InChI is InChI=1S/C24H21ClN4O3/c25-19-6-2-1-5-18(19)23(30)17-8-9-20-21(15-17)32-24(31)29(20)16-27-11-13-28(14-12-27)22-7-3-4-10-26-22/h1-10,15H,11-14,16H2. The molecule has 2 aromatic carbocycles. The minimum absolute atomic E-state index is 0.210. The highest BCUT2D eigenvalue weighted by Gasteiger charge is 2.21. The second kappa shape index (κ2) is 8.61. The van der Waals surface area contributed by atoms with Gasteiger partial charge in [-0.05, 0) is 42.5 Å². The van der Waals surface area contributed by atoms with Gasteiger partial charge in [-0.15, -0.1) is 0 Å². The number of benzene rings is 2. The van der Waals surface area contributed by atoms with E-state index < -0.39 is 5.76 Å². The summed E-state index contributed by atoms with van der Waals surface area (Å²) in [5, 5.41) is 0.390. The van der Waals surface area contributed by atoms with Crippen molar-refractivity contribution < 1.29 is 9.21 Å². The maximum absolute atomic E-state index is 12.8. The number of piperazine rings is 1. The van der Waals surface area contributed by atoms with Crippen LogP contribution in [0.1, 0.15) is 15.9 Å². The maximum Gasteiger partial charge on any atom is 0.421 e. The summed E-state index contributed by atoms with van der Waals surface area (Å²) in [7, 11) is 0. The molecule has 0 N–H and O–H groups in total. The first-order valence-electron chi connectivity index (χ1n) is 10.4. The van der Waals surface area contributed by atoms with E-state index in [-0.39, 0.29) is 5.78 Å². The minimum atomic E-state index is -0.436. The number of carbonyl (C=O) groups excluding carboxylic acids is 1. The van der Waals surface area contributed by atoms with Crippen molar-refractivity contribution >= 4 is 34.3 Å². The third kappa shape index (κ3) is 3.92. The average molecular weight is 449 g/mol. The molecule has 162 valence electrons. The number of halogens is 1. The van der Waals surface area contributed by atoms with Crippen LogP contribution >= 0.6 is 11.6 Å². The number of ketones is 1. The molecule has 7 nitrogen and oxygen atoms in total. The summed E-state index contributed by atoms with van der Waals surface area (Å²) >= 11 is 6.16. The predicted octanol–water partition coefficient (Wildman–Crippen LogP) is 3.65. The molecule has 8 heteroatoms. The molecular weight excluding hydrogens is 428 g/mol. The van der Waals surface area contributed by atoms with E-state index in [1.807, 2.05) is 18.2 Å². The first-order valence-corrected chi connectivity index (χ1v) is 10.8. The Morgan fingerprint density at radius 2 is 1.78 bits per heavy atom. The summed E-state index contributed by atoms with van der Waals surface area (Å²) < 4.78 is 7.07. The Morgan fingerprint density at radius 1 is 1.00 bits per heavy atom. The van der Waals surface area contributed by atoms with Crippen molar-refractivity contribution in [1.82, 2.24) is 14.5 Å².